The van der Waals surface area contributed by atoms with E-state index in [4.69, 9.17) is 4.74 Å². The SMILES string of the molecule is O=C(NCCOc1ccccc1)NC[C@@H]1CCS(=O)(=O)C1. The van der Waals surface area contributed by atoms with E-state index in [1.807, 2.05) is 30.3 Å². The molecule has 0 bridgehead atoms. The van der Waals surface area contributed by atoms with E-state index in [9.17, 15) is 13.2 Å². The molecule has 1 aliphatic heterocycles. The molecule has 116 valence electrons. The Kier molecular flexibility index (Phi) is 5.44. The van der Waals surface area contributed by atoms with E-state index in [0.717, 1.165) is 5.75 Å². The summed E-state index contributed by atoms with van der Waals surface area (Å²) in [5.74, 6) is 1.19. The third-order valence-electron chi connectivity index (χ3n) is 3.28. The number of hydrogen-bond donors (Lipinski definition) is 2. The van der Waals surface area contributed by atoms with Crippen molar-refractivity contribution in [2.45, 2.75) is 6.42 Å². The zero-order valence-electron chi connectivity index (χ0n) is 11.7. The van der Waals surface area contributed by atoms with Crippen LogP contribution < -0.4 is 15.4 Å². The topological polar surface area (TPSA) is 84.5 Å². The zero-order valence-corrected chi connectivity index (χ0v) is 12.6. The highest BCUT2D eigenvalue weighted by Crippen LogP contribution is 2.17. The van der Waals surface area contributed by atoms with Crippen LogP contribution >= 0.6 is 0 Å². The first-order valence-corrected chi connectivity index (χ1v) is 8.77. The fourth-order valence-electron chi connectivity index (χ4n) is 2.18. The average molecular weight is 312 g/mol. The maximum atomic E-state index is 11.5. The van der Waals surface area contributed by atoms with Crippen LogP contribution in [0.25, 0.3) is 0 Å². The summed E-state index contributed by atoms with van der Waals surface area (Å²) < 4.78 is 28.0. The van der Waals surface area contributed by atoms with Crippen LogP contribution in [0.4, 0.5) is 4.79 Å². The number of amides is 2. The van der Waals surface area contributed by atoms with Crippen molar-refractivity contribution in [2.24, 2.45) is 5.92 Å². The molecule has 0 aliphatic carbocycles. The second kappa shape index (κ2) is 7.31. The van der Waals surface area contributed by atoms with Gasteiger partial charge in [0.15, 0.2) is 9.84 Å². The molecule has 1 saturated heterocycles. The molecule has 1 aromatic rings. The van der Waals surface area contributed by atoms with Gasteiger partial charge >= 0.3 is 6.03 Å². The Labute approximate surface area is 124 Å². The number of nitrogens with one attached hydrogen (secondary N) is 2. The normalized spacial score (nSPS) is 19.9. The molecule has 2 amide bonds. The molecule has 7 heteroatoms. The molecular weight excluding hydrogens is 292 g/mol. The molecule has 0 unspecified atom stereocenters. The summed E-state index contributed by atoms with van der Waals surface area (Å²) in [5, 5.41) is 5.36. The van der Waals surface area contributed by atoms with Gasteiger partial charge in [0.2, 0.25) is 0 Å². The van der Waals surface area contributed by atoms with Crippen LogP contribution in [0.3, 0.4) is 0 Å². The van der Waals surface area contributed by atoms with Crippen molar-refractivity contribution < 1.29 is 17.9 Å². The molecule has 1 aromatic carbocycles. The summed E-state index contributed by atoms with van der Waals surface area (Å²) in [4.78, 5) is 11.5. The first-order valence-electron chi connectivity index (χ1n) is 6.95. The van der Waals surface area contributed by atoms with Crippen molar-refractivity contribution in [1.82, 2.24) is 10.6 Å². The smallest absolute Gasteiger partial charge is 0.314 e. The van der Waals surface area contributed by atoms with E-state index >= 15 is 0 Å². The van der Waals surface area contributed by atoms with Crippen molar-refractivity contribution in [3.63, 3.8) is 0 Å². The quantitative estimate of drug-likeness (QED) is 0.761. The molecule has 1 aliphatic rings. The van der Waals surface area contributed by atoms with Gasteiger partial charge in [-0.25, -0.2) is 13.2 Å². The number of rotatable bonds is 6. The molecule has 6 nitrogen and oxygen atoms in total. The minimum atomic E-state index is -2.89. The molecule has 0 spiro atoms. The van der Waals surface area contributed by atoms with Gasteiger partial charge in [-0.05, 0) is 24.5 Å². The maximum Gasteiger partial charge on any atom is 0.314 e. The number of sulfone groups is 1. The van der Waals surface area contributed by atoms with Crippen LogP contribution in [-0.4, -0.2) is 45.7 Å². The van der Waals surface area contributed by atoms with Crippen molar-refractivity contribution in [2.75, 3.05) is 31.2 Å². The lowest BCUT2D eigenvalue weighted by atomic mass is 10.1. The Balaban J connectivity index is 1.56. The molecular formula is C14H20N2O4S. The second-order valence-electron chi connectivity index (χ2n) is 5.07. The van der Waals surface area contributed by atoms with Gasteiger partial charge in [0.05, 0.1) is 18.1 Å². The summed E-state index contributed by atoms with van der Waals surface area (Å²) in [6.45, 7) is 1.17. The lowest BCUT2D eigenvalue weighted by Gasteiger charge is -2.11. The Morgan fingerprint density at radius 1 is 1.24 bits per heavy atom. The first-order chi connectivity index (χ1) is 10.1. The van der Waals surface area contributed by atoms with E-state index in [-0.39, 0.29) is 23.5 Å². The minimum Gasteiger partial charge on any atom is -0.492 e. The molecule has 0 aromatic heterocycles. The number of hydrogen-bond acceptors (Lipinski definition) is 4. The van der Waals surface area contributed by atoms with Crippen molar-refractivity contribution in [3.8, 4) is 5.75 Å². The molecule has 1 atom stereocenters. The van der Waals surface area contributed by atoms with E-state index < -0.39 is 9.84 Å². The van der Waals surface area contributed by atoms with Gasteiger partial charge in [-0.3, -0.25) is 0 Å². The van der Waals surface area contributed by atoms with E-state index in [1.165, 1.54) is 0 Å². The monoisotopic (exact) mass is 312 g/mol. The third-order valence-corrected chi connectivity index (χ3v) is 5.11. The van der Waals surface area contributed by atoms with Gasteiger partial charge in [0, 0.05) is 6.54 Å². The molecule has 2 N–H and O–H groups in total. The fraction of sp³-hybridized carbons (Fsp3) is 0.500. The predicted molar refractivity (Wildman–Crippen MR) is 80.1 cm³/mol. The van der Waals surface area contributed by atoms with Gasteiger partial charge in [0.1, 0.15) is 12.4 Å². The fourth-order valence-corrected chi connectivity index (χ4v) is 4.04. The summed E-state index contributed by atoms with van der Waals surface area (Å²) in [6, 6.07) is 9.06. The van der Waals surface area contributed by atoms with Gasteiger partial charge < -0.3 is 15.4 Å². The van der Waals surface area contributed by atoms with Crippen LogP contribution in [0.5, 0.6) is 5.75 Å². The van der Waals surface area contributed by atoms with Crippen LogP contribution in [0, 0.1) is 5.92 Å². The number of para-hydroxylation sites is 1. The Hall–Kier alpha value is -1.76. The third kappa shape index (κ3) is 5.63. The van der Waals surface area contributed by atoms with E-state index in [1.54, 1.807) is 0 Å². The number of urea groups is 1. The molecule has 21 heavy (non-hydrogen) atoms. The number of carbonyl (C=O) groups is 1. The van der Waals surface area contributed by atoms with E-state index in [2.05, 4.69) is 10.6 Å². The molecule has 1 heterocycles. The highest BCUT2D eigenvalue weighted by Gasteiger charge is 2.27. The standard InChI is InChI=1S/C14H20N2O4S/c17-14(16-10-12-6-9-21(18,19)11-12)15-7-8-20-13-4-2-1-3-5-13/h1-5,12H,6-11H2,(H2,15,16,17)/t12-/m0/s1. The number of ether oxygens (including phenoxy) is 1. The zero-order chi connectivity index (χ0) is 15.1. The highest BCUT2D eigenvalue weighted by molar-refractivity contribution is 7.91. The summed E-state index contributed by atoms with van der Waals surface area (Å²) in [7, 11) is -2.89. The predicted octanol–water partition coefficient (Wildman–Crippen LogP) is 0.799. The van der Waals surface area contributed by atoms with Gasteiger partial charge in [0.25, 0.3) is 0 Å². The van der Waals surface area contributed by atoms with Crippen molar-refractivity contribution in [1.29, 1.82) is 0 Å². The van der Waals surface area contributed by atoms with Crippen molar-refractivity contribution >= 4 is 15.9 Å². The van der Waals surface area contributed by atoms with Crippen molar-refractivity contribution in [3.05, 3.63) is 30.3 Å². The molecule has 0 radical (unpaired) electrons. The maximum absolute atomic E-state index is 11.5. The second-order valence-corrected chi connectivity index (χ2v) is 7.30. The van der Waals surface area contributed by atoms with Crippen LogP contribution in [-0.2, 0) is 9.84 Å². The van der Waals surface area contributed by atoms with Gasteiger partial charge in [-0.15, -0.1) is 0 Å². The van der Waals surface area contributed by atoms with Crippen LogP contribution in [0.15, 0.2) is 30.3 Å². The molecule has 0 saturated carbocycles. The first kappa shape index (κ1) is 15.6. The Morgan fingerprint density at radius 2 is 2.00 bits per heavy atom. The number of carbonyl (C=O) groups excluding carboxylic acids is 1. The van der Waals surface area contributed by atoms with Gasteiger partial charge in [-0.1, -0.05) is 18.2 Å². The average Bonchev–Trinajstić information content (AvgIpc) is 2.82. The lowest BCUT2D eigenvalue weighted by molar-refractivity contribution is 0.235. The lowest BCUT2D eigenvalue weighted by Crippen LogP contribution is -2.40. The van der Waals surface area contributed by atoms with Crippen LogP contribution in [0.1, 0.15) is 6.42 Å². The van der Waals surface area contributed by atoms with Crippen LogP contribution in [0.2, 0.25) is 0 Å². The highest BCUT2D eigenvalue weighted by atomic mass is 32.2. The summed E-state index contributed by atoms with van der Waals surface area (Å²) in [6.07, 6.45) is 0.625. The Bertz CT molecular complexity index is 560. The van der Waals surface area contributed by atoms with E-state index in [0.29, 0.717) is 26.1 Å². The molecule has 2 rings (SSSR count). The summed E-state index contributed by atoms with van der Waals surface area (Å²) in [5.41, 5.74) is 0. The largest absolute Gasteiger partial charge is 0.492 e. The molecule has 1 fully saturated rings. The van der Waals surface area contributed by atoms with Gasteiger partial charge in [-0.2, -0.15) is 0 Å². The number of benzene rings is 1. The minimum absolute atomic E-state index is 0.0290. The summed E-state index contributed by atoms with van der Waals surface area (Å²) >= 11 is 0. The Morgan fingerprint density at radius 3 is 2.67 bits per heavy atom.